The van der Waals surface area contributed by atoms with Gasteiger partial charge >= 0.3 is 0 Å². The number of hydrogen-bond donors (Lipinski definition) is 1. The maximum absolute atomic E-state index is 12.2. The maximum Gasteiger partial charge on any atom is 0.169 e. The molecule has 2 fully saturated rings. The zero-order chi connectivity index (χ0) is 20.4. The van der Waals surface area contributed by atoms with Crippen LogP contribution in [0.15, 0.2) is 29.3 Å². The first-order valence-electron chi connectivity index (χ1n) is 11.1. The van der Waals surface area contributed by atoms with Crippen molar-refractivity contribution in [2.45, 2.75) is 77.3 Å². The normalized spacial score (nSPS) is 25.9. The number of aliphatic imine (C=N–C) groups is 1. The van der Waals surface area contributed by atoms with Gasteiger partial charge in [-0.2, -0.15) is 0 Å². The van der Waals surface area contributed by atoms with Crippen LogP contribution in [0.4, 0.5) is 0 Å². The SMILES string of the molecule is CC1(C)CC(=O)CC(=NC[C@H]2c3ccccc3CCN2C(=S)NC2CCCC2)C1. The Morgan fingerprint density at radius 2 is 2.00 bits per heavy atom. The number of ketones is 1. The molecule has 156 valence electrons. The van der Waals surface area contributed by atoms with Crippen molar-refractivity contribution in [1.82, 2.24) is 10.2 Å². The van der Waals surface area contributed by atoms with Crippen molar-refractivity contribution in [3.8, 4) is 0 Å². The fourth-order valence-electron chi connectivity index (χ4n) is 5.25. The van der Waals surface area contributed by atoms with Crippen molar-refractivity contribution >= 4 is 28.8 Å². The molecule has 1 N–H and O–H groups in total. The number of fused-ring (bicyclic) bond motifs is 1. The Morgan fingerprint density at radius 1 is 1.24 bits per heavy atom. The van der Waals surface area contributed by atoms with Crippen LogP contribution in [0, 0.1) is 5.41 Å². The Kier molecular flexibility index (Phi) is 6.05. The third-order valence-electron chi connectivity index (χ3n) is 6.60. The third kappa shape index (κ3) is 4.88. The van der Waals surface area contributed by atoms with Gasteiger partial charge in [0, 0.05) is 31.1 Å². The number of carbonyl (C=O) groups excluding carboxylic acids is 1. The van der Waals surface area contributed by atoms with Gasteiger partial charge in [0.25, 0.3) is 0 Å². The van der Waals surface area contributed by atoms with Crippen LogP contribution in [0.3, 0.4) is 0 Å². The molecule has 0 spiro atoms. The van der Waals surface area contributed by atoms with Crippen molar-refractivity contribution in [1.29, 1.82) is 0 Å². The number of nitrogens with zero attached hydrogens (tertiary/aromatic N) is 2. The Labute approximate surface area is 180 Å². The molecule has 4 rings (SSSR count). The molecule has 0 amide bonds. The lowest BCUT2D eigenvalue weighted by molar-refractivity contribution is -0.120. The summed E-state index contributed by atoms with van der Waals surface area (Å²) < 4.78 is 0. The molecular formula is C24H33N3OS. The van der Waals surface area contributed by atoms with E-state index in [-0.39, 0.29) is 11.5 Å². The second kappa shape index (κ2) is 8.55. The molecular weight excluding hydrogens is 378 g/mol. The highest BCUT2D eigenvalue weighted by Crippen LogP contribution is 2.34. The first-order valence-corrected chi connectivity index (χ1v) is 11.5. The third-order valence-corrected chi connectivity index (χ3v) is 6.96. The number of Topliss-reactive ketones (excluding diaryl/α,β-unsaturated/α-hetero) is 1. The molecule has 3 aliphatic rings. The summed E-state index contributed by atoms with van der Waals surface area (Å²) in [6, 6.07) is 9.35. The van der Waals surface area contributed by atoms with Crippen LogP contribution in [-0.4, -0.2) is 40.6 Å². The summed E-state index contributed by atoms with van der Waals surface area (Å²) in [6.07, 6.45) is 8.14. The van der Waals surface area contributed by atoms with Crippen molar-refractivity contribution in [2.24, 2.45) is 10.4 Å². The molecule has 1 aromatic rings. The summed E-state index contributed by atoms with van der Waals surface area (Å²) in [6.45, 7) is 5.93. The predicted octanol–water partition coefficient (Wildman–Crippen LogP) is 4.62. The van der Waals surface area contributed by atoms with Gasteiger partial charge in [0.15, 0.2) is 5.11 Å². The minimum absolute atomic E-state index is 0.0255. The molecule has 1 atom stereocenters. The topological polar surface area (TPSA) is 44.7 Å². The highest BCUT2D eigenvalue weighted by molar-refractivity contribution is 7.80. The van der Waals surface area contributed by atoms with Crippen molar-refractivity contribution < 1.29 is 4.79 Å². The molecule has 2 aliphatic carbocycles. The van der Waals surface area contributed by atoms with Crippen LogP contribution < -0.4 is 5.32 Å². The quantitative estimate of drug-likeness (QED) is 0.737. The Morgan fingerprint density at radius 3 is 2.76 bits per heavy atom. The summed E-state index contributed by atoms with van der Waals surface area (Å²) in [5.41, 5.74) is 3.82. The number of benzene rings is 1. The van der Waals surface area contributed by atoms with E-state index in [4.69, 9.17) is 17.2 Å². The van der Waals surface area contributed by atoms with Crippen LogP contribution in [0.1, 0.15) is 76.0 Å². The minimum atomic E-state index is 0.0255. The first kappa shape index (κ1) is 20.5. The lowest BCUT2D eigenvalue weighted by atomic mass is 9.76. The summed E-state index contributed by atoms with van der Waals surface area (Å²) in [4.78, 5) is 19.5. The van der Waals surface area contributed by atoms with E-state index >= 15 is 0 Å². The predicted molar refractivity (Wildman–Crippen MR) is 123 cm³/mol. The molecule has 0 saturated heterocycles. The van der Waals surface area contributed by atoms with Gasteiger partial charge in [0.05, 0.1) is 12.6 Å². The summed E-state index contributed by atoms with van der Waals surface area (Å²) in [5, 5.41) is 4.49. The Bertz CT molecular complexity index is 810. The van der Waals surface area contributed by atoms with E-state index in [1.54, 1.807) is 0 Å². The highest BCUT2D eigenvalue weighted by Gasteiger charge is 2.32. The zero-order valence-electron chi connectivity index (χ0n) is 17.7. The minimum Gasteiger partial charge on any atom is -0.360 e. The maximum atomic E-state index is 12.2. The molecule has 0 bridgehead atoms. The monoisotopic (exact) mass is 411 g/mol. The van der Waals surface area contributed by atoms with Crippen LogP contribution in [-0.2, 0) is 11.2 Å². The van der Waals surface area contributed by atoms with E-state index < -0.39 is 0 Å². The van der Waals surface area contributed by atoms with E-state index in [0.717, 1.165) is 30.2 Å². The molecule has 2 saturated carbocycles. The first-order chi connectivity index (χ1) is 13.9. The summed E-state index contributed by atoms with van der Waals surface area (Å²) >= 11 is 5.85. The van der Waals surface area contributed by atoms with Gasteiger partial charge in [0.2, 0.25) is 0 Å². The molecule has 0 radical (unpaired) electrons. The van der Waals surface area contributed by atoms with E-state index in [9.17, 15) is 4.79 Å². The molecule has 4 nitrogen and oxygen atoms in total. The smallest absolute Gasteiger partial charge is 0.169 e. The average Bonchev–Trinajstić information content (AvgIpc) is 3.17. The molecule has 5 heteroatoms. The number of nitrogens with one attached hydrogen (secondary N) is 1. The lowest BCUT2D eigenvalue weighted by Crippen LogP contribution is -2.49. The standard InChI is InChI=1S/C24H33N3OS/c1-24(2)14-19(13-20(28)15-24)25-16-22-21-10-6-3-7-17(21)11-12-27(22)23(29)26-18-8-4-5-9-18/h3,6-7,10,18,22H,4-5,8-9,11-16H2,1-2H3,(H,26,29)/t22-/m0/s1. The summed E-state index contributed by atoms with van der Waals surface area (Å²) in [5.74, 6) is 0.319. The lowest BCUT2D eigenvalue weighted by Gasteiger charge is -2.39. The fourth-order valence-corrected chi connectivity index (χ4v) is 5.63. The molecule has 1 aliphatic heterocycles. The van der Waals surface area contributed by atoms with Crippen molar-refractivity contribution in [3.05, 3.63) is 35.4 Å². The highest BCUT2D eigenvalue weighted by atomic mass is 32.1. The number of rotatable bonds is 3. The number of thiocarbonyl (C=S) groups is 1. The van der Waals surface area contributed by atoms with Gasteiger partial charge < -0.3 is 10.2 Å². The van der Waals surface area contributed by atoms with Gasteiger partial charge in [-0.25, -0.2) is 0 Å². The molecule has 29 heavy (non-hydrogen) atoms. The van der Waals surface area contributed by atoms with E-state index in [2.05, 4.69) is 48.3 Å². The molecule has 0 unspecified atom stereocenters. The molecule has 1 heterocycles. The average molecular weight is 412 g/mol. The second-order valence-corrected chi connectivity index (χ2v) is 10.1. The Hall–Kier alpha value is -1.75. The molecule has 1 aromatic carbocycles. The van der Waals surface area contributed by atoms with Crippen LogP contribution in [0.2, 0.25) is 0 Å². The van der Waals surface area contributed by atoms with Gasteiger partial charge in [-0.1, -0.05) is 51.0 Å². The van der Waals surface area contributed by atoms with Gasteiger partial charge in [0.1, 0.15) is 5.78 Å². The van der Waals surface area contributed by atoms with Gasteiger partial charge in [-0.15, -0.1) is 0 Å². The number of hydrogen-bond acceptors (Lipinski definition) is 3. The van der Waals surface area contributed by atoms with E-state index in [1.165, 1.54) is 36.8 Å². The van der Waals surface area contributed by atoms with Crippen molar-refractivity contribution in [2.75, 3.05) is 13.1 Å². The second-order valence-electron chi connectivity index (χ2n) is 9.73. The van der Waals surface area contributed by atoms with Crippen LogP contribution in [0.25, 0.3) is 0 Å². The van der Waals surface area contributed by atoms with E-state index in [1.807, 2.05) is 0 Å². The summed E-state index contributed by atoms with van der Waals surface area (Å²) in [7, 11) is 0. The molecule has 0 aromatic heterocycles. The van der Waals surface area contributed by atoms with Crippen LogP contribution in [0.5, 0.6) is 0 Å². The van der Waals surface area contributed by atoms with Gasteiger partial charge in [-0.3, -0.25) is 9.79 Å². The van der Waals surface area contributed by atoms with Gasteiger partial charge in [-0.05, 0) is 54.4 Å². The largest absolute Gasteiger partial charge is 0.360 e. The van der Waals surface area contributed by atoms with Crippen molar-refractivity contribution in [3.63, 3.8) is 0 Å². The Balaban J connectivity index is 1.55. The van der Waals surface area contributed by atoms with Crippen LogP contribution >= 0.6 is 12.2 Å². The zero-order valence-corrected chi connectivity index (χ0v) is 18.6. The fraction of sp³-hybridized carbons (Fsp3) is 0.625. The number of carbonyl (C=O) groups is 1. The van der Waals surface area contributed by atoms with E-state index in [0.29, 0.717) is 31.2 Å².